The first-order valence-electron chi connectivity index (χ1n) is 6.83. The van der Waals surface area contributed by atoms with Crippen LogP contribution in [0.1, 0.15) is 5.82 Å². The molecule has 2 fully saturated rings. The van der Waals surface area contributed by atoms with Crippen LogP contribution < -0.4 is 4.90 Å². The molecule has 116 valence electrons. The molecule has 21 heavy (non-hydrogen) atoms. The smallest absolute Gasteiger partial charge is 0.180 e. The van der Waals surface area contributed by atoms with Crippen molar-refractivity contribution in [3.05, 3.63) is 12.0 Å². The summed E-state index contributed by atoms with van der Waals surface area (Å²) in [4.78, 5) is 10.4. The maximum Gasteiger partial charge on any atom is 0.180 e. The summed E-state index contributed by atoms with van der Waals surface area (Å²) in [5, 5.41) is 9.72. The fourth-order valence-electron chi connectivity index (χ4n) is 3.15. The van der Waals surface area contributed by atoms with Crippen molar-refractivity contribution in [2.75, 3.05) is 44.1 Å². The first-order chi connectivity index (χ1) is 9.86. The number of aliphatic hydroxyl groups excluding tert-OH is 1. The van der Waals surface area contributed by atoms with Gasteiger partial charge in [0, 0.05) is 30.7 Å². The maximum atomic E-state index is 11.9. The van der Waals surface area contributed by atoms with E-state index in [0.717, 1.165) is 6.26 Å². The van der Waals surface area contributed by atoms with E-state index in [1.54, 1.807) is 6.92 Å². The van der Waals surface area contributed by atoms with Crippen molar-refractivity contribution < 1.29 is 18.3 Å². The van der Waals surface area contributed by atoms with Crippen LogP contribution in [0.25, 0.3) is 0 Å². The summed E-state index contributed by atoms with van der Waals surface area (Å²) in [6.45, 7) is 4.05. The Morgan fingerprint density at radius 2 is 2.33 bits per heavy atom. The molecule has 0 bridgehead atoms. The monoisotopic (exact) mass is 313 g/mol. The average Bonchev–Trinajstić information content (AvgIpc) is 2.93. The Morgan fingerprint density at radius 3 is 2.95 bits per heavy atom. The van der Waals surface area contributed by atoms with Crippen molar-refractivity contribution in [2.45, 2.75) is 11.8 Å². The Labute approximate surface area is 123 Å². The van der Waals surface area contributed by atoms with Gasteiger partial charge in [-0.15, -0.1) is 0 Å². The van der Waals surface area contributed by atoms with E-state index >= 15 is 0 Å². The van der Waals surface area contributed by atoms with Crippen LogP contribution in [0.5, 0.6) is 0 Å². The van der Waals surface area contributed by atoms with Crippen LogP contribution in [0, 0.1) is 18.3 Å². The van der Waals surface area contributed by atoms with Crippen molar-refractivity contribution in [3.63, 3.8) is 0 Å². The van der Waals surface area contributed by atoms with Gasteiger partial charge in [0.2, 0.25) is 0 Å². The summed E-state index contributed by atoms with van der Waals surface area (Å²) in [6, 6.07) is 0. The predicted octanol–water partition coefficient (Wildman–Crippen LogP) is -0.366. The third kappa shape index (κ3) is 2.41. The summed E-state index contributed by atoms with van der Waals surface area (Å²) >= 11 is 0. The second-order valence-corrected chi connectivity index (χ2v) is 7.97. The van der Waals surface area contributed by atoms with Gasteiger partial charge in [-0.1, -0.05) is 0 Å². The first-order valence-corrected chi connectivity index (χ1v) is 8.72. The zero-order valence-electron chi connectivity index (χ0n) is 12.1. The normalized spacial score (nSPS) is 28.9. The number of fused-ring (bicyclic) bond motifs is 1. The number of rotatable bonds is 3. The second-order valence-electron chi connectivity index (χ2n) is 5.99. The van der Waals surface area contributed by atoms with Gasteiger partial charge in [-0.3, -0.25) is 0 Å². The number of sulfone groups is 1. The summed E-state index contributed by atoms with van der Waals surface area (Å²) < 4.78 is 29.3. The van der Waals surface area contributed by atoms with Crippen LogP contribution in [0.4, 0.5) is 5.82 Å². The van der Waals surface area contributed by atoms with Crippen molar-refractivity contribution in [1.82, 2.24) is 9.97 Å². The van der Waals surface area contributed by atoms with E-state index < -0.39 is 9.84 Å². The number of ether oxygens (including phenoxy) is 1. The Hall–Kier alpha value is -1.25. The molecule has 3 heterocycles. The van der Waals surface area contributed by atoms with E-state index in [-0.39, 0.29) is 22.8 Å². The minimum absolute atomic E-state index is 0.0342. The topological polar surface area (TPSA) is 92.6 Å². The molecule has 0 aromatic carbocycles. The number of nitrogens with zero attached hydrogens (tertiary/aromatic N) is 3. The highest BCUT2D eigenvalue weighted by atomic mass is 32.2. The highest BCUT2D eigenvalue weighted by molar-refractivity contribution is 7.90. The molecule has 1 aromatic rings. The molecule has 0 saturated carbocycles. The fourth-order valence-corrected chi connectivity index (χ4v) is 3.90. The van der Waals surface area contributed by atoms with Gasteiger partial charge in [0.05, 0.1) is 26.0 Å². The summed E-state index contributed by atoms with van der Waals surface area (Å²) in [5.74, 6) is 1.17. The molecule has 2 saturated heterocycles. The molecule has 0 radical (unpaired) electrons. The summed E-state index contributed by atoms with van der Waals surface area (Å²) in [5.41, 5.74) is -0.312. The van der Waals surface area contributed by atoms with Crippen LogP contribution >= 0.6 is 0 Å². The summed E-state index contributed by atoms with van der Waals surface area (Å²) in [7, 11) is -3.40. The lowest BCUT2D eigenvalue weighted by Gasteiger charge is -2.25. The fraction of sp³-hybridized carbons (Fsp3) is 0.692. The van der Waals surface area contributed by atoms with Crippen molar-refractivity contribution in [1.29, 1.82) is 0 Å². The molecule has 1 N–H and O–H groups in total. The quantitative estimate of drug-likeness (QED) is 0.814. The molecule has 0 amide bonds. The van der Waals surface area contributed by atoms with Gasteiger partial charge >= 0.3 is 0 Å². The van der Waals surface area contributed by atoms with Gasteiger partial charge in [-0.05, 0) is 6.92 Å². The Balaban J connectivity index is 2.01. The standard InChI is InChI=1S/C13H19N3O4S/c1-9-14-3-11(21(2,18)19)12(15-9)16-4-10-5-20-8-13(10,6-16)7-17/h3,10,17H,4-8H2,1-2H3/t10-,13-/m0/s1. The number of hydrogen-bond donors (Lipinski definition) is 1. The number of aromatic nitrogens is 2. The van der Waals surface area contributed by atoms with Gasteiger partial charge in [0.15, 0.2) is 15.7 Å². The number of aliphatic hydroxyl groups is 1. The average molecular weight is 313 g/mol. The first kappa shape index (κ1) is 14.7. The molecular weight excluding hydrogens is 294 g/mol. The van der Waals surface area contributed by atoms with Crippen molar-refractivity contribution >= 4 is 15.7 Å². The molecule has 8 heteroatoms. The van der Waals surface area contributed by atoms with E-state index in [4.69, 9.17) is 4.74 Å². The van der Waals surface area contributed by atoms with E-state index in [1.165, 1.54) is 6.20 Å². The minimum Gasteiger partial charge on any atom is -0.396 e. The highest BCUT2D eigenvalue weighted by Crippen LogP contribution is 2.43. The van der Waals surface area contributed by atoms with Crippen molar-refractivity contribution in [3.8, 4) is 0 Å². The molecule has 7 nitrogen and oxygen atoms in total. The third-order valence-corrected chi connectivity index (χ3v) is 5.48. The maximum absolute atomic E-state index is 11.9. The molecule has 2 aliphatic heterocycles. The Kier molecular flexibility index (Phi) is 3.42. The lowest BCUT2D eigenvalue weighted by atomic mass is 9.82. The lowest BCUT2D eigenvalue weighted by Crippen LogP contribution is -2.35. The van der Waals surface area contributed by atoms with Crippen molar-refractivity contribution in [2.24, 2.45) is 11.3 Å². The molecule has 0 aliphatic carbocycles. The Bertz CT molecular complexity index is 663. The summed E-state index contributed by atoms with van der Waals surface area (Å²) in [6.07, 6.45) is 2.52. The zero-order chi connectivity index (χ0) is 15.3. The molecule has 2 aliphatic rings. The molecule has 1 aromatic heterocycles. The van der Waals surface area contributed by atoms with Gasteiger partial charge in [-0.25, -0.2) is 18.4 Å². The molecule has 0 spiro atoms. The number of anilines is 1. The molecule has 0 unspecified atom stereocenters. The highest BCUT2D eigenvalue weighted by Gasteiger charge is 2.51. The van der Waals surface area contributed by atoms with Crippen LogP contribution in [-0.2, 0) is 14.6 Å². The van der Waals surface area contributed by atoms with E-state index in [0.29, 0.717) is 37.9 Å². The molecule has 3 rings (SSSR count). The van der Waals surface area contributed by atoms with Crippen LogP contribution in [-0.4, -0.2) is 62.7 Å². The van der Waals surface area contributed by atoms with E-state index in [2.05, 4.69) is 9.97 Å². The minimum atomic E-state index is -3.40. The SMILES string of the molecule is Cc1ncc(S(C)(=O)=O)c(N2C[C@H]3COC[C@@]3(CO)C2)n1. The van der Waals surface area contributed by atoms with Crippen LogP contribution in [0.3, 0.4) is 0 Å². The largest absolute Gasteiger partial charge is 0.396 e. The van der Waals surface area contributed by atoms with E-state index in [9.17, 15) is 13.5 Å². The van der Waals surface area contributed by atoms with Gasteiger partial charge in [-0.2, -0.15) is 0 Å². The lowest BCUT2D eigenvalue weighted by molar-refractivity contribution is 0.0989. The zero-order valence-corrected chi connectivity index (χ0v) is 12.9. The number of aryl methyl sites for hydroxylation is 1. The molecular formula is C13H19N3O4S. The number of hydrogen-bond acceptors (Lipinski definition) is 7. The van der Waals surface area contributed by atoms with Gasteiger partial charge in [0.25, 0.3) is 0 Å². The van der Waals surface area contributed by atoms with Crippen LogP contribution in [0.2, 0.25) is 0 Å². The predicted molar refractivity (Wildman–Crippen MR) is 75.9 cm³/mol. The third-order valence-electron chi connectivity index (χ3n) is 4.39. The van der Waals surface area contributed by atoms with E-state index in [1.807, 2.05) is 4.90 Å². The molecule has 2 atom stereocenters. The van der Waals surface area contributed by atoms with Crippen LogP contribution in [0.15, 0.2) is 11.1 Å². The second kappa shape index (κ2) is 4.89. The van der Waals surface area contributed by atoms with Gasteiger partial charge in [0.1, 0.15) is 10.7 Å². The Morgan fingerprint density at radius 1 is 1.57 bits per heavy atom. The van der Waals surface area contributed by atoms with Gasteiger partial charge < -0.3 is 14.7 Å².